The van der Waals surface area contributed by atoms with E-state index in [4.69, 9.17) is 9.84 Å². The Hall–Kier alpha value is -2.25. The molecule has 0 aromatic heterocycles. The van der Waals surface area contributed by atoms with Gasteiger partial charge in [-0.1, -0.05) is 30.3 Å². The van der Waals surface area contributed by atoms with Crippen LogP contribution in [0.5, 0.6) is 0 Å². The number of piperidine rings is 1. The Morgan fingerprint density at radius 3 is 2.48 bits per heavy atom. The van der Waals surface area contributed by atoms with E-state index in [-0.39, 0.29) is 19.6 Å². The number of hydrogen-bond donors (Lipinski definition) is 1. The maximum absolute atomic E-state index is 12.7. The molecular formula is C15H16F3NO4. The van der Waals surface area contributed by atoms with E-state index in [2.05, 4.69) is 0 Å². The minimum Gasteiger partial charge on any atom is -0.480 e. The molecule has 1 fully saturated rings. The largest absolute Gasteiger partial charge is 0.480 e. The van der Waals surface area contributed by atoms with Crippen LogP contribution in [-0.2, 0) is 16.1 Å². The number of ether oxygens (including phenoxy) is 1. The number of carbonyl (C=O) groups excluding carboxylic acids is 1. The molecule has 0 aliphatic carbocycles. The van der Waals surface area contributed by atoms with Gasteiger partial charge in [-0.2, -0.15) is 13.2 Å². The molecule has 1 aromatic carbocycles. The maximum Gasteiger partial charge on any atom is 0.410 e. The second kappa shape index (κ2) is 6.89. The molecule has 0 bridgehead atoms. The minimum atomic E-state index is -4.46. The van der Waals surface area contributed by atoms with Crippen molar-refractivity contribution < 1.29 is 32.6 Å². The fourth-order valence-electron chi connectivity index (χ4n) is 2.52. The molecule has 0 spiro atoms. The molecule has 23 heavy (non-hydrogen) atoms. The first-order valence-corrected chi connectivity index (χ1v) is 7.06. The van der Waals surface area contributed by atoms with Crippen LogP contribution in [0.15, 0.2) is 30.3 Å². The third-order valence-corrected chi connectivity index (χ3v) is 3.79. The van der Waals surface area contributed by atoms with E-state index in [9.17, 15) is 22.8 Å². The van der Waals surface area contributed by atoms with Gasteiger partial charge >= 0.3 is 18.2 Å². The van der Waals surface area contributed by atoms with E-state index in [1.165, 1.54) is 0 Å². The lowest BCUT2D eigenvalue weighted by atomic mass is 9.90. The number of alkyl halides is 3. The van der Waals surface area contributed by atoms with Crippen LogP contribution in [-0.4, -0.2) is 40.8 Å². The van der Waals surface area contributed by atoms with Crippen molar-refractivity contribution in [3.63, 3.8) is 0 Å². The van der Waals surface area contributed by atoms with Gasteiger partial charge in [0.2, 0.25) is 0 Å². The van der Waals surface area contributed by atoms with Gasteiger partial charge in [0.25, 0.3) is 0 Å². The van der Waals surface area contributed by atoms with Gasteiger partial charge in [0.1, 0.15) is 12.6 Å². The number of carbonyl (C=O) groups is 2. The lowest BCUT2D eigenvalue weighted by Gasteiger charge is -2.36. The lowest BCUT2D eigenvalue weighted by Crippen LogP contribution is -2.52. The van der Waals surface area contributed by atoms with Crippen molar-refractivity contribution in [2.45, 2.75) is 31.7 Å². The predicted octanol–water partition coefficient (Wildman–Crippen LogP) is 3.05. The zero-order valence-electron chi connectivity index (χ0n) is 12.1. The Bertz CT molecular complexity index is 562. The van der Waals surface area contributed by atoms with Crippen molar-refractivity contribution in [3.8, 4) is 0 Å². The number of aliphatic carboxylic acids is 1. The van der Waals surface area contributed by atoms with E-state index in [1.54, 1.807) is 30.3 Å². The summed E-state index contributed by atoms with van der Waals surface area (Å²) in [5, 5.41) is 9.11. The summed E-state index contributed by atoms with van der Waals surface area (Å²) in [6.45, 7) is -0.361. The highest BCUT2D eigenvalue weighted by atomic mass is 19.4. The fourth-order valence-corrected chi connectivity index (χ4v) is 2.52. The number of carboxylic acids is 1. The Labute approximate surface area is 130 Å². The molecule has 1 aliphatic heterocycles. The first-order chi connectivity index (χ1) is 10.8. The molecule has 1 saturated heterocycles. The molecule has 126 valence electrons. The van der Waals surface area contributed by atoms with Crippen molar-refractivity contribution in [2.24, 2.45) is 5.92 Å². The summed E-state index contributed by atoms with van der Waals surface area (Å²) in [5.74, 6) is -3.18. The molecule has 2 atom stereocenters. The van der Waals surface area contributed by atoms with Gasteiger partial charge in [-0.3, -0.25) is 4.90 Å². The number of likely N-dealkylation sites (tertiary alicyclic amines) is 1. The van der Waals surface area contributed by atoms with Crippen LogP contribution in [0, 0.1) is 5.92 Å². The average molecular weight is 331 g/mol. The van der Waals surface area contributed by atoms with Gasteiger partial charge in [0.15, 0.2) is 0 Å². The molecule has 1 aromatic rings. The Morgan fingerprint density at radius 1 is 1.26 bits per heavy atom. The highest BCUT2D eigenvalue weighted by molar-refractivity contribution is 5.80. The number of halogens is 3. The molecule has 0 unspecified atom stereocenters. The van der Waals surface area contributed by atoms with Crippen LogP contribution in [0.4, 0.5) is 18.0 Å². The van der Waals surface area contributed by atoms with Gasteiger partial charge in [-0.25, -0.2) is 9.59 Å². The number of benzene rings is 1. The summed E-state index contributed by atoms with van der Waals surface area (Å²) in [6, 6.07) is 7.19. The lowest BCUT2D eigenvalue weighted by molar-refractivity contribution is -0.191. The predicted molar refractivity (Wildman–Crippen MR) is 73.5 cm³/mol. The molecule has 0 saturated carbocycles. The van der Waals surface area contributed by atoms with Crippen LogP contribution < -0.4 is 0 Å². The molecule has 5 nitrogen and oxygen atoms in total. The minimum absolute atomic E-state index is 0.0643. The normalized spacial score (nSPS) is 21.8. The third-order valence-electron chi connectivity index (χ3n) is 3.79. The van der Waals surface area contributed by atoms with E-state index in [0.717, 1.165) is 4.90 Å². The zero-order valence-corrected chi connectivity index (χ0v) is 12.1. The van der Waals surface area contributed by atoms with E-state index in [0.29, 0.717) is 5.56 Å². The van der Waals surface area contributed by atoms with Crippen molar-refractivity contribution in [2.75, 3.05) is 6.54 Å². The summed E-state index contributed by atoms with van der Waals surface area (Å²) >= 11 is 0. The number of carboxylic acid groups (broad SMARTS) is 1. The second-order valence-corrected chi connectivity index (χ2v) is 5.35. The summed E-state index contributed by atoms with van der Waals surface area (Å²) in [6.07, 6.45) is -6.36. The van der Waals surface area contributed by atoms with Crippen LogP contribution in [0.25, 0.3) is 0 Å². The van der Waals surface area contributed by atoms with E-state index in [1.807, 2.05) is 0 Å². The third kappa shape index (κ3) is 4.37. The molecule has 2 rings (SSSR count). The van der Waals surface area contributed by atoms with Gasteiger partial charge in [-0.15, -0.1) is 0 Å². The highest BCUT2D eigenvalue weighted by Crippen LogP contribution is 2.36. The van der Waals surface area contributed by atoms with Crippen LogP contribution in [0.3, 0.4) is 0 Å². The van der Waals surface area contributed by atoms with Crippen LogP contribution in [0.2, 0.25) is 0 Å². The number of rotatable bonds is 3. The van der Waals surface area contributed by atoms with Crippen molar-refractivity contribution in [1.82, 2.24) is 4.90 Å². The smallest absolute Gasteiger partial charge is 0.410 e. The quantitative estimate of drug-likeness (QED) is 0.924. The van der Waals surface area contributed by atoms with Gasteiger partial charge in [0, 0.05) is 6.54 Å². The topological polar surface area (TPSA) is 66.8 Å². The van der Waals surface area contributed by atoms with E-state index >= 15 is 0 Å². The highest BCUT2D eigenvalue weighted by Gasteiger charge is 2.47. The van der Waals surface area contributed by atoms with Crippen LogP contribution in [0.1, 0.15) is 18.4 Å². The van der Waals surface area contributed by atoms with Gasteiger partial charge in [-0.05, 0) is 18.4 Å². The van der Waals surface area contributed by atoms with Gasteiger partial charge in [0.05, 0.1) is 5.92 Å². The first kappa shape index (κ1) is 17.1. The Balaban J connectivity index is 2.00. The monoisotopic (exact) mass is 331 g/mol. The van der Waals surface area contributed by atoms with Crippen molar-refractivity contribution >= 4 is 12.1 Å². The van der Waals surface area contributed by atoms with Crippen molar-refractivity contribution in [3.05, 3.63) is 35.9 Å². The number of nitrogens with zero attached hydrogens (tertiary/aromatic N) is 1. The summed E-state index contributed by atoms with van der Waals surface area (Å²) < 4.78 is 43.3. The number of amides is 1. The maximum atomic E-state index is 12.7. The second-order valence-electron chi connectivity index (χ2n) is 5.35. The fraction of sp³-hybridized carbons (Fsp3) is 0.467. The zero-order chi connectivity index (χ0) is 17.0. The molecule has 1 heterocycles. The molecule has 8 heteroatoms. The van der Waals surface area contributed by atoms with Crippen molar-refractivity contribution in [1.29, 1.82) is 0 Å². The molecule has 0 radical (unpaired) electrons. The SMILES string of the molecule is O=C(O)[C@@H]1C[C@@H](C(F)(F)F)CCN1C(=O)OCc1ccccc1. The molecule has 1 N–H and O–H groups in total. The molecule has 1 aliphatic rings. The summed E-state index contributed by atoms with van der Waals surface area (Å²) in [7, 11) is 0. The summed E-state index contributed by atoms with van der Waals surface area (Å²) in [4.78, 5) is 24.1. The summed E-state index contributed by atoms with van der Waals surface area (Å²) in [5.41, 5.74) is 0.706. The molecular weight excluding hydrogens is 315 g/mol. The standard InChI is InChI=1S/C15H16F3NO4/c16-15(17,18)11-6-7-19(12(8-11)13(20)21)14(22)23-9-10-4-2-1-3-5-10/h1-5,11-12H,6-9H2,(H,20,21)/t11-,12-/m0/s1. The molecule has 1 amide bonds. The Morgan fingerprint density at radius 2 is 1.91 bits per heavy atom. The average Bonchev–Trinajstić information content (AvgIpc) is 2.52. The first-order valence-electron chi connectivity index (χ1n) is 7.06. The van der Waals surface area contributed by atoms with E-state index < -0.39 is 36.6 Å². The van der Waals surface area contributed by atoms with Crippen LogP contribution >= 0.6 is 0 Å². The Kier molecular flexibility index (Phi) is 5.12. The van der Waals surface area contributed by atoms with Gasteiger partial charge < -0.3 is 9.84 Å². The number of hydrogen-bond acceptors (Lipinski definition) is 3.